The van der Waals surface area contributed by atoms with Gasteiger partial charge in [0.05, 0.1) is 6.42 Å². The predicted molar refractivity (Wildman–Crippen MR) is 52.7 cm³/mol. The number of rotatable bonds is 2. The van der Waals surface area contributed by atoms with Gasteiger partial charge in [0, 0.05) is 5.69 Å². The first-order valence-electron chi connectivity index (χ1n) is 4.37. The van der Waals surface area contributed by atoms with Crippen molar-refractivity contribution in [3.05, 3.63) is 41.5 Å². The van der Waals surface area contributed by atoms with Crippen LogP contribution in [0.5, 0.6) is 0 Å². The first kappa shape index (κ1) is 8.74. The van der Waals surface area contributed by atoms with Gasteiger partial charge in [-0.05, 0) is 24.6 Å². The molecular weight excluding hydrogens is 178 g/mol. The Labute approximate surface area is 81.7 Å². The fourth-order valence-corrected chi connectivity index (χ4v) is 1.22. The summed E-state index contributed by atoms with van der Waals surface area (Å²) in [6, 6.07) is 7.63. The van der Waals surface area contributed by atoms with E-state index in [0.29, 0.717) is 18.1 Å². The molecule has 2 rings (SSSR count). The molecule has 0 saturated heterocycles. The average Bonchev–Trinajstić information content (AvgIpc) is 2.56. The van der Waals surface area contributed by atoms with Crippen LogP contribution in [0.2, 0.25) is 0 Å². The molecule has 2 N–H and O–H groups in total. The highest BCUT2D eigenvalue weighted by Crippen LogP contribution is 2.09. The van der Waals surface area contributed by atoms with Gasteiger partial charge in [0.25, 0.3) is 0 Å². The summed E-state index contributed by atoms with van der Waals surface area (Å²) >= 11 is 0. The Morgan fingerprint density at radius 1 is 1.29 bits per heavy atom. The second kappa shape index (κ2) is 3.49. The zero-order valence-corrected chi connectivity index (χ0v) is 7.90. The van der Waals surface area contributed by atoms with E-state index in [4.69, 9.17) is 10.3 Å². The zero-order valence-electron chi connectivity index (χ0n) is 7.90. The van der Waals surface area contributed by atoms with Crippen molar-refractivity contribution in [2.75, 3.05) is 5.73 Å². The highest BCUT2D eigenvalue weighted by atomic mass is 16.5. The minimum atomic E-state index is 0.632. The van der Waals surface area contributed by atoms with Crippen molar-refractivity contribution in [1.29, 1.82) is 0 Å². The minimum Gasteiger partial charge on any atom is -0.399 e. The predicted octanol–water partition coefficient (Wildman–Crippen LogP) is 1.55. The van der Waals surface area contributed by atoms with Crippen LogP contribution in [0.3, 0.4) is 0 Å². The van der Waals surface area contributed by atoms with Crippen LogP contribution >= 0.6 is 0 Å². The average molecular weight is 189 g/mol. The molecule has 0 bridgehead atoms. The Morgan fingerprint density at radius 3 is 2.57 bits per heavy atom. The maximum Gasteiger partial charge on any atom is 0.231 e. The first-order chi connectivity index (χ1) is 6.74. The van der Waals surface area contributed by atoms with Crippen molar-refractivity contribution < 1.29 is 4.52 Å². The molecule has 0 aliphatic carbocycles. The summed E-state index contributed by atoms with van der Waals surface area (Å²) in [6.07, 6.45) is 0.654. The van der Waals surface area contributed by atoms with Gasteiger partial charge in [-0.1, -0.05) is 17.3 Å². The third kappa shape index (κ3) is 1.90. The standard InChI is InChI=1S/C10H11N3O/c1-7-12-10(14-13-7)6-8-2-4-9(11)5-3-8/h2-5H,6,11H2,1H3. The Balaban J connectivity index is 2.15. The molecule has 1 heterocycles. The number of nitrogens with two attached hydrogens (primary N) is 1. The molecule has 0 aliphatic rings. The number of nitrogens with zero attached hydrogens (tertiary/aromatic N) is 2. The van der Waals surface area contributed by atoms with Crippen LogP contribution in [-0.4, -0.2) is 10.1 Å². The third-order valence-electron chi connectivity index (χ3n) is 1.90. The van der Waals surface area contributed by atoms with E-state index in [-0.39, 0.29) is 0 Å². The molecule has 4 heteroatoms. The molecule has 0 fully saturated rings. The van der Waals surface area contributed by atoms with Crippen LogP contribution in [0.15, 0.2) is 28.8 Å². The van der Waals surface area contributed by atoms with Gasteiger partial charge >= 0.3 is 0 Å². The Bertz CT molecular complexity index is 419. The van der Waals surface area contributed by atoms with Gasteiger partial charge in [0.1, 0.15) is 0 Å². The lowest BCUT2D eigenvalue weighted by Gasteiger charge is -1.96. The summed E-state index contributed by atoms with van der Waals surface area (Å²) in [5.74, 6) is 1.29. The largest absolute Gasteiger partial charge is 0.399 e. The lowest BCUT2D eigenvalue weighted by Crippen LogP contribution is -1.90. The SMILES string of the molecule is Cc1noc(Cc2ccc(N)cc2)n1. The van der Waals surface area contributed by atoms with E-state index in [1.807, 2.05) is 24.3 Å². The highest BCUT2D eigenvalue weighted by molar-refractivity contribution is 5.39. The highest BCUT2D eigenvalue weighted by Gasteiger charge is 2.03. The number of nitrogen functional groups attached to an aromatic ring is 1. The first-order valence-corrected chi connectivity index (χ1v) is 4.37. The van der Waals surface area contributed by atoms with Crippen molar-refractivity contribution in [2.45, 2.75) is 13.3 Å². The number of anilines is 1. The van der Waals surface area contributed by atoms with Crippen molar-refractivity contribution in [3.63, 3.8) is 0 Å². The van der Waals surface area contributed by atoms with Crippen LogP contribution in [0.1, 0.15) is 17.3 Å². The van der Waals surface area contributed by atoms with E-state index in [1.165, 1.54) is 0 Å². The maximum atomic E-state index is 5.57. The van der Waals surface area contributed by atoms with Crippen LogP contribution in [-0.2, 0) is 6.42 Å². The molecule has 0 spiro atoms. The molecule has 4 nitrogen and oxygen atoms in total. The summed E-state index contributed by atoms with van der Waals surface area (Å²) in [5.41, 5.74) is 7.45. The third-order valence-corrected chi connectivity index (χ3v) is 1.90. The molecule has 0 saturated carbocycles. The molecule has 0 aliphatic heterocycles. The maximum absolute atomic E-state index is 5.57. The van der Waals surface area contributed by atoms with E-state index in [0.717, 1.165) is 11.3 Å². The van der Waals surface area contributed by atoms with Crippen molar-refractivity contribution in [3.8, 4) is 0 Å². The van der Waals surface area contributed by atoms with E-state index in [1.54, 1.807) is 6.92 Å². The number of aryl methyl sites for hydroxylation is 1. The van der Waals surface area contributed by atoms with Crippen molar-refractivity contribution in [1.82, 2.24) is 10.1 Å². The van der Waals surface area contributed by atoms with Gasteiger partial charge in [-0.3, -0.25) is 0 Å². The van der Waals surface area contributed by atoms with Crippen LogP contribution in [0.4, 0.5) is 5.69 Å². The zero-order chi connectivity index (χ0) is 9.97. The quantitative estimate of drug-likeness (QED) is 0.728. The molecule has 72 valence electrons. The van der Waals surface area contributed by atoms with Gasteiger partial charge in [-0.15, -0.1) is 0 Å². The Hall–Kier alpha value is -1.84. The molecule has 0 atom stereocenters. The van der Waals surface area contributed by atoms with Gasteiger partial charge in [0.2, 0.25) is 5.89 Å². The molecular formula is C10H11N3O. The smallest absolute Gasteiger partial charge is 0.231 e. The van der Waals surface area contributed by atoms with Gasteiger partial charge in [-0.2, -0.15) is 4.98 Å². The fraction of sp³-hybridized carbons (Fsp3) is 0.200. The summed E-state index contributed by atoms with van der Waals surface area (Å²) in [6.45, 7) is 1.80. The van der Waals surface area contributed by atoms with E-state index >= 15 is 0 Å². The van der Waals surface area contributed by atoms with Crippen molar-refractivity contribution in [2.24, 2.45) is 0 Å². The Morgan fingerprint density at radius 2 is 2.00 bits per heavy atom. The van der Waals surface area contributed by atoms with Gasteiger partial charge in [-0.25, -0.2) is 0 Å². The minimum absolute atomic E-state index is 0.632. The summed E-state index contributed by atoms with van der Waals surface area (Å²) in [4.78, 5) is 4.12. The summed E-state index contributed by atoms with van der Waals surface area (Å²) in [7, 11) is 0. The summed E-state index contributed by atoms with van der Waals surface area (Å²) < 4.78 is 5.01. The summed E-state index contributed by atoms with van der Waals surface area (Å²) in [5, 5.41) is 3.72. The van der Waals surface area contributed by atoms with E-state index in [9.17, 15) is 0 Å². The second-order valence-corrected chi connectivity index (χ2v) is 3.15. The fourth-order valence-electron chi connectivity index (χ4n) is 1.22. The van der Waals surface area contributed by atoms with Gasteiger partial charge < -0.3 is 10.3 Å². The van der Waals surface area contributed by atoms with Gasteiger partial charge in [0.15, 0.2) is 5.82 Å². The topological polar surface area (TPSA) is 64.9 Å². The van der Waals surface area contributed by atoms with Crippen molar-refractivity contribution >= 4 is 5.69 Å². The van der Waals surface area contributed by atoms with Crippen LogP contribution in [0, 0.1) is 6.92 Å². The Kier molecular flexibility index (Phi) is 2.18. The molecule has 0 amide bonds. The molecule has 1 aromatic heterocycles. The second-order valence-electron chi connectivity index (χ2n) is 3.15. The number of hydrogen-bond donors (Lipinski definition) is 1. The molecule has 0 unspecified atom stereocenters. The normalized spacial score (nSPS) is 10.4. The molecule has 0 radical (unpaired) electrons. The lowest BCUT2D eigenvalue weighted by molar-refractivity contribution is 0.381. The lowest BCUT2D eigenvalue weighted by atomic mass is 10.1. The van der Waals surface area contributed by atoms with E-state index < -0.39 is 0 Å². The number of hydrogen-bond acceptors (Lipinski definition) is 4. The number of benzene rings is 1. The molecule has 1 aromatic carbocycles. The van der Waals surface area contributed by atoms with E-state index in [2.05, 4.69) is 10.1 Å². The monoisotopic (exact) mass is 189 g/mol. The van der Waals surface area contributed by atoms with Crippen LogP contribution in [0.25, 0.3) is 0 Å². The molecule has 14 heavy (non-hydrogen) atoms. The van der Waals surface area contributed by atoms with Crippen LogP contribution < -0.4 is 5.73 Å². The molecule has 2 aromatic rings. The number of aromatic nitrogens is 2.